The Balaban J connectivity index is -0.00000103. The van der Waals surface area contributed by atoms with Crippen molar-refractivity contribution in [1.29, 1.82) is 0 Å². The molecule has 120 valence electrons. The van der Waals surface area contributed by atoms with Gasteiger partial charge in [-0.1, -0.05) is 13.8 Å². The van der Waals surface area contributed by atoms with E-state index in [0.717, 1.165) is 0 Å². The van der Waals surface area contributed by atoms with Crippen LogP contribution < -0.4 is 56.7 Å². The topological polar surface area (TPSA) is 73.9 Å². The smallest absolute Gasteiger partial charge is 0.377 e. The summed E-state index contributed by atoms with van der Waals surface area (Å²) in [5, 5.41) is 2.62. The van der Waals surface area contributed by atoms with E-state index in [1.165, 1.54) is 6.42 Å². The fourth-order valence-electron chi connectivity index (χ4n) is 1.01. The van der Waals surface area contributed by atoms with Crippen molar-refractivity contribution in [2.24, 2.45) is 0 Å². The average Bonchev–Trinajstić information content (AvgIpc) is 2.47. The Morgan fingerprint density at radius 2 is 1.43 bits per heavy atom. The first-order chi connectivity index (χ1) is 9.70. The molecule has 0 aromatic heterocycles. The van der Waals surface area contributed by atoms with Crippen molar-refractivity contribution in [1.82, 2.24) is 5.32 Å². The van der Waals surface area contributed by atoms with Gasteiger partial charge in [-0.15, -0.1) is 0 Å². The molecule has 0 unspecified atom stereocenters. The summed E-state index contributed by atoms with van der Waals surface area (Å²) < 4.78 is 15.3. The summed E-state index contributed by atoms with van der Waals surface area (Å²) in [6.07, 6.45) is 1.47. The predicted octanol–water partition coefficient (Wildman–Crippen LogP) is -2.00. The normalized spacial score (nSPS) is 8.95. The van der Waals surface area contributed by atoms with E-state index < -0.39 is 0 Å². The van der Waals surface area contributed by atoms with Crippen molar-refractivity contribution < 1.29 is 75.2 Å². The molecule has 0 atom stereocenters. The van der Waals surface area contributed by atoms with Gasteiger partial charge in [-0.25, -0.2) is 0 Å². The number of hydrogen-bond donors (Lipinski definition) is 1. The molecule has 0 aliphatic rings. The first-order valence-corrected chi connectivity index (χ1v) is 7.02. The molecule has 6 nitrogen and oxygen atoms in total. The third-order valence-electron chi connectivity index (χ3n) is 1.92. The van der Waals surface area contributed by atoms with Crippen LogP contribution in [-0.2, 0) is 23.8 Å². The van der Waals surface area contributed by atoms with Gasteiger partial charge in [0.2, 0.25) is 5.91 Å². The molecule has 0 aromatic carbocycles. The molecule has 21 heavy (non-hydrogen) atoms. The van der Waals surface area contributed by atoms with Gasteiger partial charge < -0.3 is 30.7 Å². The molecule has 0 aliphatic heterocycles. The standard InChI is InChI=1S/C12H22NO5.C2H6.K/c1-3-11(14)9-17-7-5-16-6-8-18-10-12(15)13-4-2;1-2;/h3H,4-10H2,1-2H3,(H,13,15);1-2H3;/q-1;;+1. The molecule has 0 saturated heterocycles. The summed E-state index contributed by atoms with van der Waals surface area (Å²) in [6.45, 7) is 9.80. The third kappa shape index (κ3) is 22.9. The van der Waals surface area contributed by atoms with Crippen molar-refractivity contribution >= 4 is 11.7 Å². The molecule has 0 spiro atoms. The number of ether oxygens (including phenoxy) is 3. The van der Waals surface area contributed by atoms with Crippen LogP contribution in [0, 0.1) is 6.42 Å². The average molecular weight is 329 g/mol. The molecule has 0 radical (unpaired) electrons. The Bertz CT molecular complexity index is 239. The summed E-state index contributed by atoms with van der Waals surface area (Å²) in [7, 11) is 0. The fraction of sp³-hybridized carbons (Fsp3) is 0.786. The molecule has 0 aromatic rings. The van der Waals surface area contributed by atoms with Gasteiger partial charge in [0.15, 0.2) is 0 Å². The minimum absolute atomic E-state index is 0. The van der Waals surface area contributed by atoms with Crippen molar-refractivity contribution in [2.45, 2.75) is 27.7 Å². The molecule has 0 bridgehead atoms. The predicted molar refractivity (Wildman–Crippen MR) is 77.5 cm³/mol. The Morgan fingerprint density at radius 3 is 1.90 bits per heavy atom. The van der Waals surface area contributed by atoms with E-state index >= 15 is 0 Å². The number of carbonyl (C=O) groups is 2. The van der Waals surface area contributed by atoms with Crippen LogP contribution in [0.15, 0.2) is 0 Å². The van der Waals surface area contributed by atoms with Gasteiger partial charge in [-0.2, -0.15) is 6.92 Å². The number of ketones is 1. The SMILES string of the molecule is CC.C[CH-]C(=O)COCCOCCOCC(=O)NCC.[K+]. The molecule has 0 saturated carbocycles. The van der Waals surface area contributed by atoms with Crippen LogP contribution >= 0.6 is 0 Å². The molecule has 1 N–H and O–H groups in total. The van der Waals surface area contributed by atoms with E-state index in [4.69, 9.17) is 14.2 Å². The van der Waals surface area contributed by atoms with E-state index in [1.54, 1.807) is 6.92 Å². The van der Waals surface area contributed by atoms with Crippen molar-refractivity contribution in [3.63, 3.8) is 0 Å². The summed E-state index contributed by atoms with van der Waals surface area (Å²) in [5.41, 5.74) is 0. The number of likely N-dealkylation sites (N-methyl/N-ethyl adjacent to an activating group) is 1. The maximum absolute atomic E-state index is 11.0. The minimum Gasteiger partial charge on any atom is -0.377 e. The van der Waals surface area contributed by atoms with Gasteiger partial charge in [0, 0.05) is 12.3 Å². The van der Waals surface area contributed by atoms with Crippen LogP contribution in [0.3, 0.4) is 0 Å². The first kappa shape index (κ1) is 26.4. The number of nitrogens with one attached hydrogen (secondary N) is 1. The number of carbonyl (C=O) groups excluding carboxylic acids is 2. The van der Waals surface area contributed by atoms with Crippen LogP contribution in [0.25, 0.3) is 0 Å². The van der Waals surface area contributed by atoms with E-state index in [9.17, 15) is 9.59 Å². The van der Waals surface area contributed by atoms with E-state index in [0.29, 0.717) is 33.0 Å². The fourth-order valence-corrected chi connectivity index (χ4v) is 1.01. The van der Waals surface area contributed by atoms with Crippen LogP contribution in [0.4, 0.5) is 0 Å². The van der Waals surface area contributed by atoms with Gasteiger partial charge in [0.05, 0.1) is 33.0 Å². The summed E-state index contributed by atoms with van der Waals surface area (Å²) in [5.74, 6) is -0.171. The Labute approximate surface area is 171 Å². The maximum Gasteiger partial charge on any atom is 1.00 e. The summed E-state index contributed by atoms with van der Waals surface area (Å²) in [4.78, 5) is 21.8. The van der Waals surface area contributed by atoms with Crippen LogP contribution in [0.2, 0.25) is 0 Å². The quantitative estimate of drug-likeness (QED) is 0.255. The molecular formula is C14H28KNO5. The maximum atomic E-state index is 11.0. The van der Waals surface area contributed by atoms with Crippen LogP contribution in [0.5, 0.6) is 0 Å². The van der Waals surface area contributed by atoms with Gasteiger partial charge in [0.1, 0.15) is 6.61 Å². The van der Waals surface area contributed by atoms with E-state index in [1.807, 2.05) is 20.8 Å². The Kier molecular flexibility index (Phi) is 28.7. The number of hydrogen-bond acceptors (Lipinski definition) is 5. The first-order valence-electron chi connectivity index (χ1n) is 7.02. The molecule has 1 amide bonds. The molecule has 0 rings (SSSR count). The second-order valence-corrected chi connectivity index (χ2v) is 3.43. The number of Topliss-reactive ketones (excluding diaryl/α,β-unsaturated/α-hetero) is 1. The molecular weight excluding hydrogens is 301 g/mol. The second kappa shape index (κ2) is 22.8. The third-order valence-corrected chi connectivity index (χ3v) is 1.92. The van der Waals surface area contributed by atoms with Crippen LogP contribution in [0.1, 0.15) is 27.7 Å². The van der Waals surface area contributed by atoms with Crippen LogP contribution in [-0.4, -0.2) is 57.9 Å². The van der Waals surface area contributed by atoms with E-state index in [2.05, 4.69) is 5.32 Å². The van der Waals surface area contributed by atoms with Crippen molar-refractivity contribution in [3.05, 3.63) is 6.42 Å². The van der Waals surface area contributed by atoms with Gasteiger partial charge in [-0.3, -0.25) is 4.79 Å². The number of amides is 1. The molecule has 0 heterocycles. The monoisotopic (exact) mass is 329 g/mol. The second-order valence-electron chi connectivity index (χ2n) is 3.43. The summed E-state index contributed by atoms with van der Waals surface area (Å²) >= 11 is 0. The number of rotatable bonds is 12. The van der Waals surface area contributed by atoms with Gasteiger partial charge in [-0.05, 0) is 6.92 Å². The Hall–Kier alpha value is 0.526. The van der Waals surface area contributed by atoms with Gasteiger partial charge >= 0.3 is 51.4 Å². The largest absolute Gasteiger partial charge is 1.00 e. The molecule has 0 fully saturated rings. The Morgan fingerprint density at radius 1 is 0.952 bits per heavy atom. The van der Waals surface area contributed by atoms with Gasteiger partial charge in [0.25, 0.3) is 0 Å². The zero-order valence-corrected chi connectivity index (χ0v) is 17.2. The zero-order valence-electron chi connectivity index (χ0n) is 14.1. The van der Waals surface area contributed by atoms with E-state index in [-0.39, 0.29) is 76.3 Å². The molecule has 0 aliphatic carbocycles. The van der Waals surface area contributed by atoms with Crippen molar-refractivity contribution in [3.8, 4) is 0 Å². The zero-order chi connectivity index (χ0) is 15.6. The minimum atomic E-state index is -0.129. The van der Waals surface area contributed by atoms with Crippen molar-refractivity contribution in [2.75, 3.05) is 46.2 Å². The molecule has 7 heteroatoms. The summed E-state index contributed by atoms with van der Waals surface area (Å²) in [6, 6.07) is 0.